The van der Waals surface area contributed by atoms with Gasteiger partial charge in [0.2, 0.25) is 0 Å². The van der Waals surface area contributed by atoms with Crippen molar-refractivity contribution in [3.8, 4) is 5.88 Å². The van der Waals surface area contributed by atoms with Gasteiger partial charge in [0.1, 0.15) is 0 Å². The van der Waals surface area contributed by atoms with E-state index in [0.29, 0.717) is 0 Å². The number of hydrogen-bond donors (Lipinski definition) is 1. The van der Waals surface area contributed by atoms with Crippen LogP contribution >= 0.6 is 0 Å². The fourth-order valence-corrected chi connectivity index (χ4v) is 0.704. The van der Waals surface area contributed by atoms with Gasteiger partial charge in [0.25, 0.3) is 0 Å². The second-order valence-electron chi connectivity index (χ2n) is 1.96. The molecule has 0 fully saturated rings. The van der Waals surface area contributed by atoms with Crippen molar-refractivity contribution in [1.82, 2.24) is 4.98 Å². The molecule has 0 aromatic carbocycles. The lowest BCUT2D eigenvalue weighted by molar-refractivity contribution is -0.275. The predicted molar refractivity (Wildman–Crippen MR) is 29.7 cm³/mol. The summed E-state index contributed by atoms with van der Waals surface area (Å²) in [6, 6.07) is 1.84. The summed E-state index contributed by atoms with van der Waals surface area (Å²) in [5.41, 5.74) is 1.73. The molecule has 2 nitrogen and oxygen atoms in total. The molecule has 1 N–H and O–H groups in total. The Bertz CT molecular complexity index is 171. The van der Waals surface area contributed by atoms with Gasteiger partial charge in [0.15, 0.2) is 0 Å². The molecule has 0 saturated heterocycles. The summed E-state index contributed by atoms with van der Waals surface area (Å²) in [6.07, 6.45) is 0. The average Bonchev–Trinajstić information content (AvgIpc) is 1.85. The molecule has 1 aromatic heterocycles. The van der Waals surface area contributed by atoms with Crippen LogP contribution in [0.3, 0.4) is 0 Å². The zero-order chi connectivity index (χ0) is 6.15. The number of rotatable bonds is 0. The van der Waals surface area contributed by atoms with Gasteiger partial charge in [-0.15, -0.1) is 0 Å². The number of aromatic nitrogens is 1. The van der Waals surface area contributed by atoms with E-state index in [4.69, 9.17) is 0 Å². The highest BCUT2D eigenvalue weighted by Gasteiger charge is 1.87. The van der Waals surface area contributed by atoms with Crippen molar-refractivity contribution in [3.05, 3.63) is 17.3 Å². The molecule has 1 rings (SSSR count). The Balaban J connectivity index is 3.14. The van der Waals surface area contributed by atoms with Crippen LogP contribution in [0, 0.1) is 13.8 Å². The lowest BCUT2D eigenvalue weighted by Gasteiger charge is -1.99. The molecular formula is C6H8NO-. The summed E-state index contributed by atoms with van der Waals surface area (Å²) in [4.78, 5) is 2.65. The van der Waals surface area contributed by atoms with E-state index in [1.807, 2.05) is 13.0 Å². The van der Waals surface area contributed by atoms with Crippen LogP contribution in [0.15, 0.2) is 6.07 Å². The number of aromatic amines is 1. The fraction of sp³-hybridized carbons (Fsp3) is 0.333. The minimum atomic E-state index is 0.0301. The van der Waals surface area contributed by atoms with Crippen LogP contribution in [0.1, 0.15) is 11.3 Å². The summed E-state index contributed by atoms with van der Waals surface area (Å²) in [7, 11) is 0. The van der Waals surface area contributed by atoms with Gasteiger partial charge in [-0.05, 0) is 31.4 Å². The quantitative estimate of drug-likeness (QED) is 0.524. The molecule has 0 unspecified atom stereocenters. The first-order valence-corrected chi connectivity index (χ1v) is 2.53. The van der Waals surface area contributed by atoms with Crippen LogP contribution in [-0.4, -0.2) is 4.98 Å². The molecule has 1 heterocycles. The molecular weight excluding hydrogens is 102 g/mol. The van der Waals surface area contributed by atoms with Gasteiger partial charge in [-0.3, -0.25) is 0 Å². The normalized spacial score (nSPS) is 9.75. The maximum Gasteiger partial charge on any atom is 0.0113 e. The molecule has 0 bridgehead atoms. The second-order valence-corrected chi connectivity index (χ2v) is 1.96. The number of nitrogens with one attached hydrogen (secondary N) is 1. The molecule has 2 heteroatoms. The Hall–Kier alpha value is -0.920. The minimum absolute atomic E-state index is 0.0301. The van der Waals surface area contributed by atoms with Crippen LogP contribution in [0.25, 0.3) is 0 Å². The molecule has 0 aliphatic heterocycles. The molecule has 0 radical (unpaired) electrons. The first-order valence-electron chi connectivity index (χ1n) is 2.53. The zero-order valence-corrected chi connectivity index (χ0v) is 4.99. The molecule has 0 aliphatic rings. The Kier molecular flexibility index (Phi) is 1.01. The first kappa shape index (κ1) is 5.22. The van der Waals surface area contributed by atoms with E-state index in [0.717, 1.165) is 11.3 Å². The summed E-state index contributed by atoms with van der Waals surface area (Å²) < 4.78 is 0. The van der Waals surface area contributed by atoms with Crippen LogP contribution in [0.4, 0.5) is 0 Å². The van der Waals surface area contributed by atoms with Gasteiger partial charge in [-0.2, -0.15) is 0 Å². The predicted octanol–water partition coefficient (Wildman–Crippen LogP) is 0.705. The lowest BCUT2D eigenvalue weighted by Crippen LogP contribution is -1.90. The Morgan fingerprint density at radius 3 is 2.25 bits per heavy atom. The largest absolute Gasteiger partial charge is 0.860 e. The lowest BCUT2D eigenvalue weighted by atomic mass is 10.3. The van der Waals surface area contributed by atoms with Crippen LogP contribution in [0.2, 0.25) is 0 Å². The van der Waals surface area contributed by atoms with Gasteiger partial charge in [-0.1, -0.05) is 0 Å². The van der Waals surface area contributed by atoms with Gasteiger partial charge in [0.05, 0.1) is 0 Å². The second kappa shape index (κ2) is 1.54. The van der Waals surface area contributed by atoms with E-state index in [-0.39, 0.29) is 5.88 Å². The topological polar surface area (TPSA) is 38.8 Å². The molecule has 1 aromatic rings. The van der Waals surface area contributed by atoms with Gasteiger partial charge < -0.3 is 10.1 Å². The number of hydrogen-bond acceptors (Lipinski definition) is 1. The highest BCUT2D eigenvalue weighted by atomic mass is 16.3. The van der Waals surface area contributed by atoms with E-state index in [2.05, 4.69) is 4.98 Å². The molecule has 0 aliphatic carbocycles. The number of H-pyrrole nitrogens is 1. The summed E-state index contributed by atoms with van der Waals surface area (Å²) >= 11 is 0. The maximum absolute atomic E-state index is 10.6. The Labute approximate surface area is 48.2 Å². The van der Waals surface area contributed by atoms with E-state index >= 15 is 0 Å². The monoisotopic (exact) mass is 110 g/mol. The standard InChI is InChI=1S/C6H9NO/c1-4-3-5(2)7-6(4)8/h3,7-8H,1-2H3/p-1. The van der Waals surface area contributed by atoms with Crippen molar-refractivity contribution < 1.29 is 5.11 Å². The highest BCUT2D eigenvalue weighted by molar-refractivity contribution is 5.26. The molecule has 0 atom stereocenters. The first-order chi connectivity index (χ1) is 3.70. The van der Waals surface area contributed by atoms with E-state index in [9.17, 15) is 5.11 Å². The molecule has 44 valence electrons. The van der Waals surface area contributed by atoms with Crippen molar-refractivity contribution in [2.24, 2.45) is 0 Å². The third-order valence-electron chi connectivity index (χ3n) is 1.10. The third kappa shape index (κ3) is 0.689. The van der Waals surface area contributed by atoms with Crippen molar-refractivity contribution >= 4 is 0 Å². The van der Waals surface area contributed by atoms with Gasteiger partial charge >= 0.3 is 0 Å². The van der Waals surface area contributed by atoms with E-state index in [1.165, 1.54) is 0 Å². The molecule has 0 saturated carbocycles. The zero-order valence-electron chi connectivity index (χ0n) is 4.99. The highest BCUT2D eigenvalue weighted by Crippen LogP contribution is 2.10. The summed E-state index contributed by atoms with van der Waals surface area (Å²) in [6.45, 7) is 3.67. The van der Waals surface area contributed by atoms with Crippen LogP contribution in [0.5, 0.6) is 5.88 Å². The van der Waals surface area contributed by atoms with E-state index in [1.54, 1.807) is 6.92 Å². The van der Waals surface area contributed by atoms with Gasteiger partial charge in [0, 0.05) is 5.69 Å². The van der Waals surface area contributed by atoms with Crippen molar-refractivity contribution in [1.29, 1.82) is 0 Å². The van der Waals surface area contributed by atoms with Gasteiger partial charge in [-0.25, -0.2) is 0 Å². The Morgan fingerprint density at radius 1 is 1.50 bits per heavy atom. The third-order valence-corrected chi connectivity index (χ3v) is 1.10. The fourth-order valence-electron chi connectivity index (χ4n) is 0.704. The van der Waals surface area contributed by atoms with E-state index < -0.39 is 0 Å². The number of aryl methyl sites for hydroxylation is 2. The SMILES string of the molecule is Cc1cc(C)c([O-])[nH]1. The minimum Gasteiger partial charge on any atom is -0.860 e. The van der Waals surface area contributed by atoms with Crippen molar-refractivity contribution in [2.75, 3.05) is 0 Å². The van der Waals surface area contributed by atoms with Crippen LogP contribution < -0.4 is 5.11 Å². The Morgan fingerprint density at radius 2 is 2.12 bits per heavy atom. The maximum atomic E-state index is 10.6. The van der Waals surface area contributed by atoms with Crippen molar-refractivity contribution in [2.45, 2.75) is 13.8 Å². The average molecular weight is 110 g/mol. The molecule has 0 spiro atoms. The summed E-state index contributed by atoms with van der Waals surface area (Å²) in [5.74, 6) is 0.0301. The molecule has 0 amide bonds. The smallest absolute Gasteiger partial charge is 0.0113 e. The molecule has 8 heavy (non-hydrogen) atoms. The van der Waals surface area contributed by atoms with Crippen LogP contribution in [-0.2, 0) is 0 Å². The van der Waals surface area contributed by atoms with Crippen molar-refractivity contribution in [3.63, 3.8) is 0 Å². The summed E-state index contributed by atoms with van der Waals surface area (Å²) in [5, 5.41) is 10.6.